The lowest BCUT2D eigenvalue weighted by Crippen LogP contribution is -2.36. The van der Waals surface area contributed by atoms with Gasteiger partial charge >= 0.3 is 0 Å². The van der Waals surface area contributed by atoms with Crippen molar-refractivity contribution in [3.63, 3.8) is 0 Å². The Bertz CT molecular complexity index is 436. The smallest absolute Gasteiger partial charge is 0.146 e. The summed E-state index contributed by atoms with van der Waals surface area (Å²) in [5.41, 5.74) is 1.65. The summed E-state index contributed by atoms with van der Waals surface area (Å²) in [5, 5.41) is 3.38. The van der Waals surface area contributed by atoms with Crippen LogP contribution < -0.4 is 10.2 Å². The minimum absolute atomic E-state index is 0.134. The summed E-state index contributed by atoms with van der Waals surface area (Å²) in [6.45, 7) is 6.49. The molecular weight excluding hydrogens is 271 g/mol. The van der Waals surface area contributed by atoms with E-state index >= 15 is 0 Å². The molecule has 1 saturated heterocycles. The highest BCUT2D eigenvalue weighted by Gasteiger charge is 2.16. The molecule has 1 N–H and O–H groups in total. The average molecular weight is 296 g/mol. The Hall–Kier alpha value is -1.17. The zero-order valence-electron chi connectivity index (χ0n) is 12.9. The number of halogens is 1. The maximum Gasteiger partial charge on any atom is 0.146 e. The molecule has 1 aromatic rings. The molecule has 1 heterocycles. The number of methoxy groups -OCH3 is 1. The van der Waals surface area contributed by atoms with Crippen molar-refractivity contribution in [3.05, 3.63) is 29.6 Å². The van der Waals surface area contributed by atoms with E-state index in [2.05, 4.69) is 12.2 Å². The van der Waals surface area contributed by atoms with Crippen molar-refractivity contribution < 1.29 is 13.9 Å². The van der Waals surface area contributed by atoms with Gasteiger partial charge in [0, 0.05) is 32.8 Å². The second-order valence-electron chi connectivity index (χ2n) is 5.33. The molecule has 5 heteroatoms. The van der Waals surface area contributed by atoms with Crippen LogP contribution in [0, 0.1) is 5.82 Å². The molecule has 2 rings (SSSR count). The Kier molecular flexibility index (Phi) is 6.42. The quantitative estimate of drug-likeness (QED) is 0.783. The Morgan fingerprint density at radius 1 is 1.38 bits per heavy atom. The van der Waals surface area contributed by atoms with Crippen LogP contribution in [-0.2, 0) is 9.47 Å². The van der Waals surface area contributed by atoms with Crippen molar-refractivity contribution in [1.82, 2.24) is 5.32 Å². The number of rotatable bonds is 7. The van der Waals surface area contributed by atoms with E-state index < -0.39 is 0 Å². The topological polar surface area (TPSA) is 33.7 Å². The zero-order valence-corrected chi connectivity index (χ0v) is 12.9. The van der Waals surface area contributed by atoms with E-state index in [1.165, 1.54) is 0 Å². The Labute approximate surface area is 126 Å². The van der Waals surface area contributed by atoms with Crippen LogP contribution in [0.15, 0.2) is 18.2 Å². The van der Waals surface area contributed by atoms with Crippen molar-refractivity contribution in [3.8, 4) is 0 Å². The minimum atomic E-state index is -0.153. The summed E-state index contributed by atoms with van der Waals surface area (Å²) in [7, 11) is 1.70. The maximum atomic E-state index is 14.3. The third-order valence-corrected chi connectivity index (χ3v) is 3.80. The van der Waals surface area contributed by atoms with Crippen LogP contribution in [0.25, 0.3) is 0 Å². The van der Waals surface area contributed by atoms with Crippen LogP contribution in [0.1, 0.15) is 24.9 Å². The van der Waals surface area contributed by atoms with Gasteiger partial charge in [0.05, 0.1) is 18.9 Å². The first kappa shape index (κ1) is 16.2. The van der Waals surface area contributed by atoms with Crippen molar-refractivity contribution in [2.45, 2.75) is 19.4 Å². The fourth-order valence-corrected chi connectivity index (χ4v) is 2.51. The van der Waals surface area contributed by atoms with E-state index in [0.29, 0.717) is 18.9 Å². The summed E-state index contributed by atoms with van der Waals surface area (Å²) in [4.78, 5) is 2.04. The van der Waals surface area contributed by atoms with Crippen molar-refractivity contribution in [2.24, 2.45) is 0 Å². The van der Waals surface area contributed by atoms with E-state index in [9.17, 15) is 4.39 Å². The fraction of sp³-hybridized carbons (Fsp3) is 0.625. The largest absolute Gasteiger partial charge is 0.385 e. The molecule has 1 aromatic carbocycles. The summed E-state index contributed by atoms with van der Waals surface area (Å²) in [6, 6.07) is 5.65. The van der Waals surface area contributed by atoms with E-state index in [1.54, 1.807) is 13.2 Å². The molecule has 0 bridgehead atoms. The molecule has 0 radical (unpaired) electrons. The second-order valence-corrected chi connectivity index (χ2v) is 5.33. The number of hydrogen-bond acceptors (Lipinski definition) is 4. The molecule has 1 aliphatic heterocycles. The second kappa shape index (κ2) is 8.32. The van der Waals surface area contributed by atoms with Gasteiger partial charge in [-0.1, -0.05) is 6.07 Å². The molecule has 118 valence electrons. The molecule has 1 atom stereocenters. The highest BCUT2D eigenvalue weighted by molar-refractivity contribution is 5.49. The van der Waals surface area contributed by atoms with Crippen LogP contribution in [0.2, 0.25) is 0 Å². The molecule has 1 fully saturated rings. The van der Waals surface area contributed by atoms with Crippen molar-refractivity contribution in [1.29, 1.82) is 0 Å². The first-order valence-corrected chi connectivity index (χ1v) is 7.57. The molecule has 0 spiro atoms. The predicted octanol–water partition coefficient (Wildman–Crippen LogP) is 2.35. The number of nitrogens with zero attached hydrogens (tertiary/aromatic N) is 1. The number of ether oxygens (including phenoxy) is 2. The molecule has 0 saturated carbocycles. The number of nitrogens with one attached hydrogen (secondary N) is 1. The molecule has 0 amide bonds. The SMILES string of the molecule is COCCCN[C@@H](C)c1ccc(N2CCOCC2)c(F)c1. The number of benzene rings is 1. The third-order valence-electron chi connectivity index (χ3n) is 3.80. The van der Waals surface area contributed by atoms with Crippen molar-refractivity contribution in [2.75, 3.05) is 51.5 Å². The Balaban J connectivity index is 1.94. The summed E-state index contributed by atoms with van der Waals surface area (Å²) >= 11 is 0. The van der Waals surface area contributed by atoms with Gasteiger partial charge in [-0.25, -0.2) is 4.39 Å². The van der Waals surface area contributed by atoms with Gasteiger partial charge in [0.1, 0.15) is 5.82 Å². The van der Waals surface area contributed by atoms with E-state index in [1.807, 2.05) is 17.0 Å². The van der Waals surface area contributed by atoms with Gasteiger partial charge in [-0.15, -0.1) is 0 Å². The van der Waals surface area contributed by atoms with Gasteiger partial charge in [-0.05, 0) is 37.6 Å². The molecule has 1 aliphatic rings. The number of anilines is 1. The lowest BCUT2D eigenvalue weighted by molar-refractivity contribution is 0.122. The highest BCUT2D eigenvalue weighted by atomic mass is 19.1. The maximum absolute atomic E-state index is 14.3. The van der Waals surface area contributed by atoms with Crippen LogP contribution in [0.3, 0.4) is 0 Å². The molecule has 21 heavy (non-hydrogen) atoms. The Morgan fingerprint density at radius 2 is 2.14 bits per heavy atom. The van der Waals surface area contributed by atoms with Crippen LogP contribution >= 0.6 is 0 Å². The monoisotopic (exact) mass is 296 g/mol. The highest BCUT2D eigenvalue weighted by Crippen LogP contribution is 2.24. The minimum Gasteiger partial charge on any atom is -0.385 e. The molecule has 0 aromatic heterocycles. The van der Waals surface area contributed by atoms with E-state index in [-0.39, 0.29) is 11.9 Å². The van der Waals surface area contributed by atoms with E-state index in [0.717, 1.165) is 38.2 Å². The van der Waals surface area contributed by atoms with Crippen LogP contribution in [0.4, 0.5) is 10.1 Å². The van der Waals surface area contributed by atoms with Gasteiger partial charge in [-0.2, -0.15) is 0 Å². The standard InChI is InChI=1S/C16H25FN2O2/c1-13(18-6-3-9-20-2)14-4-5-16(15(17)12-14)19-7-10-21-11-8-19/h4-5,12-13,18H,3,6-11H2,1-2H3/t13-/m0/s1. The lowest BCUT2D eigenvalue weighted by Gasteiger charge is -2.29. The molecule has 4 nitrogen and oxygen atoms in total. The fourth-order valence-electron chi connectivity index (χ4n) is 2.51. The van der Waals surface area contributed by atoms with Crippen LogP contribution in [-0.4, -0.2) is 46.6 Å². The number of morpholine rings is 1. The summed E-state index contributed by atoms with van der Waals surface area (Å²) in [6.07, 6.45) is 0.954. The first-order valence-electron chi connectivity index (χ1n) is 7.57. The van der Waals surface area contributed by atoms with Gasteiger partial charge in [0.2, 0.25) is 0 Å². The van der Waals surface area contributed by atoms with Gasteiger partial charge in [-0.3, -0.25) is 0 Å². The summed E-state index contributed by atoms with van der Waals surface area (Å²) in [5.74, 6) is -0.153. The van der Waals surface area contributed by atoms with Gasteiger partial charge < -0.3 is 19.7 Å². The third kappa shape index (κ3) is 4.66. The predicted molar refractivity (Wildman–Crippen MR) is 82.3 cm³/mol. The average Bonchev–Trinajstić information content (AvgIpc) is 2.52. The molecular formula is C16H25FN2O2. The normalized spacial score (nSPS) is 17.0. The first-order chi connectivity index (χ1) is 10.2. The lowest BCUT2D eigenvalue weighted by atomic mass is 10.1. The molecule has 0 unspecified atom stereocenters. The number of hydrogen-bond donors (Lipinski definition) is 1. The Morgan fingerprint density at radius 3 is 2.81 bits per heavy atom. The van der Waals surface area contributed by atoms with Crippen molar-refractivity contribution >= 4 is 5.69 Å². The van der Waals surface area contributed by atoms with Gasteiger partial charge in [0.15, 0.2) is 0 Å². The summed E-state index contributed by atoms with van der Waals surface area (Å²) < 4.78 is 24.6. The van der Waals surface area contributed by atoms with E-state index in [4.69, 9.17) is 9.47 Å². The zero-order chi connectivity index (χ0) is 15.1. The van der Waals surface area contributed by atoms with Crippen LogP contribution in [0.5, 0.6) is 0 Å². The molecule has 0 aliphatic carbocycles. The van der Waals surface area contributed by atoms with Gasteiger partial charge in [0.25, 0.3) is 0 Å².